The van der Waals surface area contributed by atoms with E-state index in [1.54, 1.807) is 12.4 Å². The number of carboxylic acid groups (broad SMARTS) is 1. The van der Waals surface area contributed by atoms with Crippen molar-refractivity contribution < 1.29 is 9.90 Å². The third kappa shape index (κ3) is 1.24. The zero-order chi connectivity index (χ0) is 13.0. The van der Waals surface area contributed by atoms with Gasteiger partial charge in [-0.1, -0.05) is 32.0 Å². The molecule has 1 saturated carbocycles. The van der Waals surface area contributed by atoms with Crippen LogP contribution in [0.25, 0.3) is 10.8 Å². The molecule has 0 spiro atoms. The molecule has 18 heavy (non-hydrogen) atoms. The summed E-state index contributed by atoms with van der Waals surface area (Å²) in [5, 5.41) is 11.6. The van der Waals surface area contributed by atoms with Crippen molar-refractivity contribution in [3.63, 3.8) is 0 Å². The van der Waals surface area contributed by atoms with Crippen molar-refractivity contribution in [2.75, 3.05) is 0 Å². The molecule has 1 fully saturated rings. The molecule has 92 valence electrons. The second-order valence-electron chi connectivity index (χ2n) is 5.67. The van der Waals surface area contributed by atoms with E-state index in [9.17, 15) is 9.90 Å². The average Bonchev–Trinajstić information content (AvgIpc) is 2.93. The minimum absolute atomic E-state index is 0.184. The lowest BCUT2D eigenvalue weighted by Gasteiger charge is -2.18. The van der Waals surface area contributed by atoms with Crippen LogP contribution in [-0.2, 0) is 10.2 Å². The number of aromatic nitrogens is 1. The number of benzene rings is 1. The van der Waals surface area contributed by atoms with Gasteiger partial charge in [0.15, 0.2) is 0 Å². The highest BCUT2D eigenvalue weighted by Gasteiger charge is 2.68. The third-order valence-corrected chi connectivity index (χ3v) is 4.24. The monoisotopic (exact) mass is 241 g/mol. The summed E-state index contributed by atoms with van der Waals surface area (Å²) in [5.74, 6) is -0.725. The van der Waals surface area contributed by atoms with Crippen LogP contribution >= 0.6 is 0 Å². The van der Waals surface area contributed by atoms with Gasteiger partial charge in [0.05, 0.1) is 5.41 Å². The Labute approximate surface area is 105 Å². The summed E-state index contributed by atoms with van der Waals surface area (Å²) in [4.78, 5) is 15.8. The number of nitrogens with zero attached hydrogens (tertiary/aromatic N) is 1. The van der Waals surface area contributed by atoms with E-state index in [4.69, 9.17) is 0 Å². The quantitative estimate of drug-likeness (QED) is 0.879. The molecule has 0 amide bonds. The van der Waals surface area contributed by atoms with Crippen molar-refractivity contribution in [1.82, 2.24) is 4.98 Å². The number of fused-ring (bicyclic) bond motifs is 1. The lowest BCUT2D eigenvalue weighted by Crippen LogP contribution is -2.25. The Morgan fingerprint density at radius 2 is 2.06 bits per heavy atom. The first-order valence-electron chi connectivity index (χ1n) is 6.06. The highest BCUT2D eigenvalue weighted by Crippen LogP contribution is 2.65. The van der Waals surface area contributed by atoms with E-state index in [0.29, 0.717) is 6.42 Å². The molecule has 0 radical (unpaired) electrons. The smallest absolute Gasteiger partial charge is 0.314 e. The number of aliphatic carboxylic acids is 1. The van der Waals surface area contributed by atoms with E-state index in [2.05, 4.69) is 4.98 Å². The maximum absolute atomic E-state index is 11.7. The SMILES string of the molecule is CC1(C)CC1(C(=O)O)c1cccc2cnccc12. The van der Waals surface area contributed by atoms with Gasteiger partial charge in [0, 0.05) is 17.8 Å². The second-order valence-corrected chi connectivity index (χ2v) is 5.67. The van der Waals surface area contributed by atoms with Crippen LogP contribution in [0.3, 0.4) is 0 Å². The van der Waals surface area contributed by atoms with Gasteiger partial charge in [-0.15, -0.1) is 0 Å². The first kappa shape index (κ1) is 11.2. The fraction of sp³-hybridized carbons (Fsp3) is 0.333. The van der Waals surface area contributed by atoms with E-state index in [1.807, 2.05) is 38.1 Å². The highest BCUT2D eigenvalue weighted by atomic mass is 16.4. The molecular weight excluding hydrogens is 226 g/mol. The fourth-order valence-electron chi connectivity index (χ4n) is 3.05. The summed E-state index contributed by atoms with van der Waals surface area (Å²) in [6.07, 6.45) is 4.19. The lowest BCUT2D eigenvalue weighted by atomic mass is 9.85. The molecule has 3 nitrogen and oxygen atoms in total. The van der Waals surface area contributed by atoms with Crippen molar-refractivity contribution in [2.24, 2.45) is 5.41 Å². The summed E-state index contributed by atoms with van der Waals surface area (Å²) in [6.45, 7) is 4.03. The normalized spacial score (nSPS) is 25.0. The van der Waals surface area contributed by atoms with Crippen LogP contribution in [0.2, 0.25) is 0 Å². The number of hydrogen-bond acceptors (Lipinski definition) is 2. The fourth-order valence-corrected chi connectivity index (χ4v) is 3.05. The highest BCUT2D eigenvalue weighted by molar-refractivity contribution is 5.95. The van der Waals surface area contributed by atoms with Crippen molar-refractivity contribution in [3.8, 4) is 0 Å². The summed E-state index contributed by atoms with van der Waals surface area (Å²) in [5.41, 5.74) is -0.00977. The molecule has 1 aromatic carbocycles. The standard InChI is InChI=1S/C15H15NO2/c1-14(2)9-15(14,13(17)18)12-5-3-4-10-8-16-7-6-11(10)12/h3-8H,9H2,1-2H3,(H,17,18). The Bertz CT molecular complexity index is 642. The van der Waals surface area contributed by atoms with Crippen molar-refractivity contribution in [3.05, 3.63) is 42.2 Å². The van der Waals surface area contributed by atoms with E-state index in [1.165, 1.54) is 0 Å². The molecule has 1 N–H and O–H groups in total. The van der Waals surface area contributed by atoms with Gasteiger partial charge in [-0.25, -0.2) is 0 Å². The zero-order valence-corrected chi connectivity index (χ0v) is 10.5. The van der Waals surface area contributed by atoms with Crippen LogP contribution in [0, 0.1) is 5.41 Å². The average molecular weight is 241 g/mol. The Kier molecular flexibility index (Phi) is 2.06. The first-order chi connectivity index (χ1) is 8.49. The van der Waals surface area contributed by atoms with Gasteiger partial charge >= 0.3 is 5.97 Å². The van der Waals surface area contributed by atoms with Gasteiger partial charge in [0.1, 0.15) is 0 Å². The molecule has 1 aliphatic rings. The predicted octanol–water partition coefficient (Wildman–Crippen LogP) is 2.99. The Morgan fingerprint density at radius 1 is 1.33 bits per heavy atom. The summed E-state index contributed by atoms with van der Waals surface area (Å²) < 4.78 is 0. The Hall–Kier alpha value is -1.90. The van der Waals surface area contributed by atoms with Crippen LogP contribution in [0.5, 0.6) is 0 Å². The van der Waals surface area contributed by atoms with E-state index < -0.39 is 11.4 Å². The molecule has 1 aliphatic carbocycles. The number of rotatable bonds is 2. The zero-order valence-electron chi connectivity index (χ0n) is 10.5. The molecule has 0 aliphatic heterocycles. The Balaban J connectivity index is 2.30. The molecule has 1 atom stereocenters. The first-order valence-corrected chi connectivity index (χ1v) is 6.06. The minimum Gasteiger partial charge on any atom is -0.481 e. The summed E-state index contributed by atoms with van der Waals surface area (Å²) in [7, 11) is 0. The molecule has 3 heteroatoms. The van der Waals surface area contributed by atoms with E-state index in [-0.39, 0.29) is 5.41 Å². The molecule has 3 rings (SSSR count). The number of hydrogen-bond donors (Lipinski definition) is 1. The molecule has 0 bridgehead atoms. The summed E-state index contributed by atoms with van der Waals surface area (Å²) >= 11 is 0. The molecule has 1 heterocycles. The maximum Gasteiger partial charge on any atom is 0.314 e. The van der Waals surface area contributed by atoms with Crippen LogP contribution in [0.4, 0.5) is 0 Å². The second kappa shape index (κ2) is 3.31. The van der Waals surface area contributed by atoms with E-state index in [0.717, 1.165) is 16.3 Å². The Morgan fingerprint density at radius 3 is 2.67 bits per heavy atom. The number of carbonyl (C=O) groups is 1. The topological polar surface area (TPSA) is 50.2 Å². The number of pyridine rings is 1. The van der Waals surface area contributed by atoms with Crippen LogP contribution < -0.4 is 0 Å². The maximum atomic E-state index is 11.7. The van der Waals surface area contributed by atoms with Crippen molar-refractivity contribution >= 4 is 16.7 Å². The van der Waals surface area contributed by atoms with Crippen LogP contribution in [-0.4, -0.2) is 16.1 Å². The molecule has 0 saturated heterocycles. The van der Waals surface area contributed by atoms with Crippen molar-refractivity contribution in [1.29, 1.82) is 0 Å². The lowest BCUT2D eigenvalue weighted by molar-refractivity contribution is -0.141. The van der Waals surface area contributed by atoms with E-state index >= 15 is 0 Å². The van der Waals surface area contributed by atoms with Gasteiger partial charge in [-0.3, -0.25) is 9.78 Å². The predicted molar refractivity (Wildman–Crippen MR) is 69.5 cm³/mol. The van der Waals surface area contributed by atoms with Gasteiger partial charge in [0.2, 0.25) is 0 Å². The van der Waals surface area contributed by atoms with Gasteiger partial charge in [-0.05, 0) is 28.9 Å². The largest absolute Gasteiger partial charge is 0.481 e. The minimum atomic E-state index is -0.742. The molecule has 2 aromatic rings. The summed E-state index contributed by atoms with van der Waals surface area (Å²) in [6, 6.07) is 7.73. The van der Waals surface area contributed by atoms with Gasteiger partial charge in [0.25, 0.3) is 0 Å². The number of carboxylic acids is 1. The third-order valence-electron chi connectivity index (χ3n) is 4.24. The molecule has 1 aromatic heterocycles. The molecule has 1 unspecified atom stereocenters. The van der Waals surface area contributed by atoms with Crippen LogP contribution in [0.15, 0.2) is 36.7 Å². The van der Waals surface area contributed by atoms with Gasteiger partial charge in [-0.2, -0.15) is 0 Å². The van der Waals surface area contributed by atoms with Crippen LogP contribution in [0.1, 0.15) is 25.8 Å². The van der Waals surface area contributed by atoms with Crippen molar-refractivity contribution in [2.45, 2.75) is 25.7 Å². The van der Waals surface area contributed by atoms with Gasteiger partial charge < -0.3 is 5.11 Å². The molecular formula is C15H15NO2.